The third-order valence-electron chi connectivity index (χ3n) is 2.21. The Labute approximate surface area is 86.7 Å². The normalized spacial score (nSPS) is 16.1. The van der Waals surface area contributed by atoms with Crippen molar-refractivity contribution in [2.45, 2.75) is 38.5 Å². The second-order valence-corrected chi connectivity index (χ2v) is 3.54. The van der Waals surface area contributed by atoms with Gasteiger partial charge in [-0.1, -0.05) is 0 Å². The fraction of sp³-hybridized carbons (Fsp3) is 0.800. The monoisotopic (exact) mass is 200 g/mol. The maximum Gasteiger partial charge on any atom is 0.0271 e. The van der Waals surface area contributed by atoms with E-state index < -0.39 is 0 Å². The molecule has 0 amide bonds. The Balaban J connectivity index is 0.000000255. The maximum absolute atomic E-state index is 5.53. The Morgan fingerprint density at radius 3 is 1.36 bits per heavy atom. The first kappa shape index (κ1) is 13.3. The third-order valence-corrected chi connectivity index (χ3v) is 2.21. The summed E-state index contributed by atoms with van der Waals surface area (Å²) in [6.07, 6.45) is 6.57. The molecule has 0 aromatic heterocycles. The minimum Gasteiger partial charge on any atom is -0.401 e. The van der Waals surface area contributed by atoms with Crippen LogP contribution in [0.1, 0.15) is 38.5 Å². The van der Waals surface area contributed by atoms with Crippen molar-refractivity contribution < 1.29 is 0 Å². The highest BCUT2D eigenvalue weighted by Gasteiger charge is 2.04. The minimum atomic E-state index is 0.775. The van der Waals surface area contributed by atoms with Gasteiger partial charge < -0.3 is 22.9 Å². The topological polar surface area (TPSA) is 104 Å². The van der Waals surface area contributed by atoms with Crippen molar-refractivity contribution in [3.63, 3.8) is 0 Å². The molecule has 0 bridgehead atoms. The van der Waals surface area contributed by atoms with Gasteiger partial charge in [0.1, 0.15) is 0 Å². The molecule has 0 fully saturated rings. The summed E-state index contributed by atoms with van der Waals surface area (Å²) in [4.78, 5) is 0. The molecule has 0 unspecified atom stereocenters. The number of hydrogen-bond acceptors (Lipinski definition) is 4. The predicted octanol–water partition coefficient (Wildman–Crippen LogP) is 0.373. The highest BCUT2D eigenvalue weighted by Crippen LogP contribution is 2.16. The lowest BCUT2D eigenvalue weighted by atomic mass is 10.0. The number of unbranched alkanes of at least 4 members (excludes halogenated alkanes) is 1. The summed E-state index contributed by atoms with van der Waals surface area (Å²) < 4.78 is 0. The van der Waals surface area contributed by atoms with Crippen molar-refractivity contribution >= 4 is 0 Å². The van der Waals surface area contributed by atoms with Crippen LogP contribution in [-0.4, -0.2) is 13.1 Å². The summed E-state index contributed by atoms with van der Waals surface area (Å²) in [5.41, 5.74) is 23.2. The smallest absolute Gasteiger partial charge is 0.0271 e. The predicted molar refractivity (Wildman–Crippen MR) is 61.2 cm³/mol. The molecule has 0 aromatic rings. The summed E-state index contributed by atoms with van der Waals surface area (Å²) in [5, 5.41) is 0. The van der Waals surface area contributed by atoms with E-state index in [1.807, 2.05) is 0 Å². The fourth-order valence-corrected chi connectivity index (χ4v) is 1.24. The van der Waals surface area contributed by atoms with Crippen LogP contribution < -0.4 is 22.9 Å². The molecule has 0 spiro atoms. The van der Waals surface area contributed by atoms with E-state index in [1.165, 1.54) is 12.8 Å². The van der Waals surface area contributed by atoms with E-state index in [-0.39, 0.29) is 0 Å². The number of allylic oxidation sites excluding steroid dienone is 2. The second-order valence-electron chi connectivity index (χ2n) is 3.54. The summed E-state index contributed by atoms with van der Waals surface area (Å²) in [7, 11) is 0. The van der Waals surface area contributed by atoms with Crippen LogP contribution in [0.5, 0.6) is 0 Å². The summed E-state index contributed by atoms with van der Waals surface area (Å²) >= 11 is 0. The third kappa shape index (κ3) is 6.74. The van der Waals surface area contributed by atoms with Gasteiger partial charge in [-0.05, 0) is 51.6 Å². The van der Waals surface area contributed by atoms with E-state index in [1.54, 1.807) is 0 Å². The van der Waals surface area contributed by atoms with Gasteiger partial charge in [0, 0.05) is 11.4 Å². The van der Waals surface area contributed by atoms with Gasteiger partial charge in [-0.25, -0.2) is 0 Å². The summed E-state index contributed by atoms with van der Waals surface area (Å²) in [6, 6.07) is 0. The molecule has 84 valence electrons. The first-order valence-electron chi connectivity index (χ1n) is 5.35. The maximum atomic E-state index is 5.53. The molecule has 1 aliphatic rings. The van der Waals surface area contributed by atoms with Gasteiger partial charge in [0.25, 0.3) is 0 Å². The average molecular weight is 200 g/mol. The molecule has 14 heavy (non-hydrogen) atoms. The molecule has 1 aliphatic carbocycles. The van der Waals surface area contributed by atoms with Crippen molar-refractivity contribution in [1.29, 1.82) is 0 Å². The zero-order valence-electron chi connectivity index (χ0n) is 8.97. The van der Waals surface area contributed by atoms with Gasteiger partial charge in [-0.15, -0.1) is 0 Å². The van der Waals surface area contributed by atoms with E-state index >= 15 is 0 Å². The standard InChI is InChI=1S/C6H12N2.C4H12N2/c7-5-3-1-2-4-6(5)8;5-3-1-2-4-6/h1-4,7-8H2;1-6H2. The van der Waals surface area contributed by atoms with Crippen LogP contribution in [0.2, 0.25) is 0 Å². The lowest BCUT2D eigenvalue weighted by molar-refractivity contribution is 0.661. The molecule has 0 heterocycles. The Morgan fingerprint density at radius 1 is 0.786 bits per heavy atom. The first-order chi connectivity index (χ1) is 6.72. The minimum absolute atomic E-state index is 0.775. The zero-order valence-corrected chi connectivity index (χ0v) is 8.97. The van der Waals surface area contributed by atoms with E-state index in [9.17, 15) is 0 Å². The van der Waals surface area contributed by atoms with Crippen molar-refractivity contribution in [2.24, 2.45) is 22.9 Å². The van der Waals surface area contributed by atoms with E-state index in [2.05, 4.69) is 0 Å². The van der Waals surface area contributed by atoms with Crippen LogP contribution in [0.3, 0.4) is 0 Å². The fourth-order valence-electron chi connectivity index (χ4n) is 1.24. The van der Waals surface area contributed by atoms with Crippen LogP contribution >= 0.6 is 0 Å². The Morgan fingerprint density at radius 2 is 1.14 bits per heavy atom. The number of hydrogen-bond donors (Lipinski definition) is 4. The van der Waals surface area contributed by atoms with Gasteiger partial charge in [0.2, 0.25) is 0 Å². The van der Waals surface area contributed by atoms with Crippen LogP contribution in [0.15, 0.2) is 11.4 Å². The van der Waals surface area contributed by atoms with Crippen LogP contribution in [0.4, 0.5) is 0 Å². The lowest BCUT2D eigenvalue weighted by Crippen LogP contribution is -2.13. The second kappa shape index (κ2) is 8.84. The molecule has 4 nitrogen and oxygen atoms in total. The molecule has 0 saturated carbocycles. The number of rotatable bonds is 3. The quantitative estimate of drug-likeness (QED) is 0.494. The molecule has 0 aliphatic heterocycles. The van der Waals surface area contributed by atoms with E-state index in [4.69, 9.17) is 22.9 Å². The molecule has 8 N–H and O–H groups in total. The Kier molecular flexibility index (Phi) is 8.37. The molecule has 0 aromatic carbocycles. The molecule has 1 rings (SSSR count). The van der Waals surface area contributed by atoms with Crippen LogP contribution in [0, 0.1) is 0 Å². The molecule has 4 heteroatoms. The molecular weight excluding hydrogens is 176 g/mol. The van der Waals surface area contributed by atoms with Crippen molar-refractivity contribution in [2.75, 3.05) is 13.1 Å². The summed E-state index contributed by atoms with van der Waals surface area (Å²) in [5.74, 6) is 0. The molecule has 0 radical (unpaired) electrons. The lowest BCUT2D eigenvalue weighted by Gasteiger charge is -2.12. The van der Waals surface area contributed by atoms with Crippen molar-refractivity contribution in [3.05, 3.63) is 11.4 Å². The van der Waals surface area contributed by atoms with E-state index in [0.717, 1.165) is 50.2 Å². The number of nitrogens with two attached hydrogens (primary N) is 4. The van der Waals surface area contributed by atoms with Crippen molar-refractivity contribution in [1.82, 2.24) is 0 Å². The average Bonchev–Trinajstić information content (AvgIpc) is 2.20. The van der Waals surface area contributed by atoms with Gasteiger partial charge in [0.05, 0.1) is 0 Å². The van der Waals surface area contributed by atoms with Crippen LogP contribution in [-0.2, 0) is 0 Å². The van der Waals surface area contributed by atoms with Crippen LogP contribution in [0.25, 0.3) is 0 Å². The molecule has 0 atom stereocenters. The SMILES string of the molecule is NC1=C(N)CCCC1.NCCCCN. The van der Waals surface area contributed by atoms with Gasteiger partial charge in [-0.3, -0.25) is 0 Å². The summed E-state index contributed by atoms with van der Waals surface area (Å²) in [6.45, 7) is 1.55. The van der Waals surface area contributed by atoms with Gasteiger partial charge in [0.15, 0.2) is 0 Å². The largest absolute Gasteiger partial charge is 0.401 e. The van der Waals surface area contributed by atoms with Crippen molar-refractivity contribution in [3.8, 4) is 0 Å². The first-order valence-corrected chi connectivity index (χ1v) is 5.35. The molecular formula is C10H24N4. The van der Waals surface area contributed by atoms with Gasteiger partial charge in [-0.2, -0.15) is 0 Å². The Hall–Kier alpha value is -0.740. The zero-order chi connectivity index (χ0) is 10.8. The van der Waals surface area contributed by atoms with E-state index in [0.29, 0.717) is 0 Å². The van der Waals surface area contributed by atoms with Gasteiger partial charge >= 0.3 is 0 Å². The highest BCUT2D eigenvalue weighted by molar-refractivity contribution is 5.09. The molecule has 0 saturated heterocycles. The highest BCUT2D eigenvalue weighted by atomic mass is 14.7. The Bertz CT molecular complexity index is 148.